The second-order valence-corrected chi connectivity index (χ2v) is 48.7. The fourth-order valence-electron chi connectivity index (χ4n) is 29.3. The summed E-state index contributed by atoms with van der Waals surface area (Å²) in [6, 6.07) is 25.9. The molecule has 29 heteroatoms. The number of para-hydroxylation sites is 1. The first kappa shape index (κ1) is 108. The minimum Gasteiger partial charge on any atom is -0.396 e. The Morgan fingerprint density at radius 1 is 0.340 bits per heavy atom. The average molecular weight is 2100 g/mol. The molecule has 0 radical (unpaired) electrons. The number of amides is 6. The number of halogens is 2. The highest BCUT2D eigenvalue weighted by Crippen LogP contribution is 2.51. The van der Waals surface area contributed by atoms with Crippen molar-refractivity contribution in [1.82, 2.24) is 84.2 Å². The number of hydrogen-bond acceptors (Lipinski definition) is 16. The lowest BCUT2D eigenvalue weighted by Crippen LogP contribution is -2.60. The number of H-pyrrole nitrogens is 5. The zero-order valence-electron chi connectivity index (χ0n) is 89.3. The average Bonchev–Trinajstić information content (AvgIpc) is 1.31. The number of piperidine rings is 5. The van der Waals surface area contributed by atoms with Gasteiger partial charge in [0.1, 0.15) is 28.2 Å². The number of thiazole rings is 1. The molecule has 26 nitrogen and oxygen atoms in total. The maximum atomic E-state index is 13.2. The highest BCUT2D eigenvalue weighted by molar-refractivity contribution is 7.18. The number of aliphatic hydroxyl groups is 3. The molecule has 0 bridgehead atoms. The standard InChI is InChI=1S/C21H28ClN3O2.C21H29N3O2.C20H26ClN3O2.2C20H27N3O.C19H24N2OS/c1-14(15-12-24-20-19(15)16(22)6-9-23-20)11-18(27)25-10-4-8-21(13-26)7-3-2-5-17(21)25;1-15(17-13-23-20-16(17)6-4-10-22-20)12-19(26)24-11-5-9-21(14-25)8-3-2-7-18(21)24;1-13(14-12-23-19-18(14)15(21)6-9-22-19)11-17(25)24-10-4-8-20(26)7-3-2-5-16(20)24;2*1-14(17-13-22-20-16(17)8-4-10-21-20)12-19(24)23-11-5-7-15-6-2-3-9-18(15)23;1-13(19-20-15-7-3-5-9-17(15)23-19)12-18(22)21-11-10-14-6-2-4-8-16(14)21/h6,9,12,14,17,26H,2-5,7-8,10-11,13H2,1H3,(H,23,24);4,6,10,13,15,18,25H,2-3,5,7-9,11-12,14H2,1H3,(H,22,23);6,9,12-13,16,26H,2-5,7-8,10-11H2,1H3,(H,22,23);2*4,8,10,13-15,18H,2-3,5-7,9,11-12H2,1H3,(H,21,22);3,5,7,9,13-14,16H,2,4,6,8,10-12H2,1H3. The van der Waals surface area contributed by atoms with Crippen LogP contribution in [0.2, 0.25) is 10.0 Å². The van der Waals surface area contributed by atoms with Gasteiger partial charge < -0.3 is 69.6 Å². The van der Waals surface area contributed by atoms with Crippen molar-refractivity contribution in [2.75, 3.05) is 52.5 Å². The molecule has 150 heavy (non-hydrogen) atoms. The Bertz CT molecular complexity index is 6440. The van der Waals surface area contributed by atoms with E-state index in [0.717, 1.165) is 242 Å². The van der Waals surface area contributed by atoms with Gasteiger partial charge >= 0.3 is 0 Å². The number of rotatable bonds is 20. The van der Waals surface area contributed by atoms with E-state index in [1.807, 2.05) is 66.2 Å². The summed E-state index contributed by atoms with van der Waals surface area (Å²) in [7, 11) is 0. The third-order valence-electron chi connectivity index (χ3n) is 37.3. The van der Waals surface area contributed by atoms with Gasteiger partial charge in [-0.3, -0.25) is 28.8 Å². The molecule has 6 amide bonds. The van der Waals surface area contributed by atoms with Gasteiger partial charge in [0.05, 0.1) is 50.1 Å². The van der Waals surface area contributed by atoms with Crippen molar-refractivity contribution in [3.63, 3.8) is 0 Å². The molecule has 6 saturated heterocycles. The molecule has 24 rings (SSSR count). The lowest BCUT2D eigenvalue weighted by molar-refractivity contribution is -0.152. The van der Waals surface area contributed by atoms with Crippen LogP contribution in [0.3, 0.4) is 0 Å². The molecule has 12 aliphatic rings. The Hall–Kier alpha value is -10.2. The lowest BCUT2D eigenvalue weighted by Gasteiger charge is -2.52. The second kappa shape index (κ2) is 49.1. The lowest BCUT2D eigenvalue weighted by atomic mass is 9.65. The number of nitrogens with one attached hydrogen (secondary N) is 5. The maximum Gasteiger partial charge on any atom is 0.223 e. The van der Waals surface area contributed by atoms with Crippen LogP contribution in [0.15, 0.2) is 135 Å². The number of nitrogens with zero attached hydrogens (tertiary/aromatic N) is 12. The summed E-state index contributed by atoms with van der Waals surface area (Å²) in [5.41, 5.74) is 10.1. The summed E-state index contributed by atoms with van der Waals surface area (Å²) in [4.78, 5) is 133. The minimum absolute atomic E-state index is 0.0158. The van der Waals surface area contributed by atoms with Crippen LogP contribution in [0.4, 0.5) is 0 Å². The number of carbonyl (C=O) groups is 6. The molecule has 804 valence electrons. The van der Waals surface area contributed by atoms with E-state index in [9.17, 15) is 44.1 Å². The van der Waals surface area contributed by atoms with Gasteiger partial charge in [-0.1, -0.05) is 154 Å². The zero-order chi connectivity index (χ0) is 104. The Labute approximate surface area is 898 Å². The number of aliphatic hydroxyl groups excluding tert-OH is 2. The van der Waals surface area contributed by atoms with E-state index in [-0.39, 0.29) is 95.4 Å². The van der Waals surface area contributed by atoms with E-state index in [2.05, 4.69) is 146 Å². The first-order valence-electron chi connectivity index (χ1n) is 57.4. The summed E-state index contributed by atoms with van der Waals surface area (Å²) >= 11 is 14.5. The van der Waals surface area contributed by atoms with Crippen molar-refractivity contribution >= 4 is 135 Å². The largest absolute Gasteiger partial charge is 0.396 e. The van der Waals surface area contributed by atoms with Crippen LogP contribution in [-0.4, -0.2) is 229 Å². The van der Waals surface area contributed by atoms with Gasteiger partial charge in [-0.15, -0.1) is 11.3 Å². The number of likely N-dealkylation sites (tertiary alicyclic amines) is 6. The number of pyridine rings is 5. The molecule has 6 saturated carbocycles. The molecule has 17 heterocycles. The Balaban J connectivity index is 0.000000113. The molecule has 18 atom stereocenters. The molecule has 8 N–H and O–H groups in total. The number of carbonyl (C=O) groups excluding carboxylic acids is 6. The van der Waals surface area contributed by atoms with Crippen molar-refractivity contribution < 1.29 is 44.1 Å². The third kappa shape index (κ3) is 23.7. The SMILES string of the molecule is CC(CC(=O)N1CCC2CCCCC21)c1nc2ccccc2s1.CC(CC(=O)N1CCCC2(CO)CCCCC12)c1c[nH]c2nccc(Cl)c12.CC(CC(=O)N1CCCC2(CO)CCCCC12)c1c[nH]c2ncccc12.CC(CC(=O)N1CCCC2(O)CCCCC12)c1c[nH]c2nccc(Cl)c12.CC(CC(=O)N1CCCC2CCCCC21)c1c[nH]c2ncccc12.CC(CC(=O)N1CCCC2CCCCC21)c1c[nH]c2ncccc12. The van der Waals surface area contributed by atoms with E-state index in [0.29, 0.717) is 84.4 Å². The minimum atomic E-state index is -0.677. The van der Waals surface area contributed by atoms with Crippen LogP contribution in [0.5, 0.6) is 0 Å². The monoisotopic (exact) mass is 2100 g/mol. The number of benzene rings is 1. The number of aromatic nitrogens is 11. The van der Waals surface area contributed by atoms with Crippen LogP contribution in [-0.2, 0) is 28.8 Å². The molecule has 1 aromatic carbocycles. The Morgan fingerprint density at radius 2 is 0.660 bits per heavy atom. The predicted octanol–water partition coefficient (Wildman–Crippen LogP) is 24.9. The number of aromatic amines is 5. The zero-order valence-corrected chi connectivity index (χ0v) is 91.7. The van der Waals surface area contributed by atoms with Crippen LogP contribution >= 0.6 is 34.5 Å². The summed E-state index contributed by atoms with van der Waals surface area (Å²) in [6.07, 6.45) is 62.0. The van der Waals surface area contributed by atoms with Crippen molar-refractivity contribution in [2.24, 2.45) is 28.6 Å². The predicted molar refractivity (Wildman–Crippen MR) is 597 cm³/mol. The van der Waals surface area contributed by atoms with Crippen LogP contribution in [0, 0.1) is 28.6 Å². The van der Waals surface area contributed by atoms with Crippen molar-refractivity contribution in [2.45, 2.75) is 382 Å². The molecule has 12 fully saturated rings. The van der Waals surface area contributed by atoms with Gasteiger partial charge in [0.25, 0.3) is 0 Å². The smallest absolute Gasteiger partial charge is 0.223 e. The van der Waals surface area contributed by atoms with Crippen LogP contribution < -0.4 is 0 Å². The van der Waals surface area contributed by atoms with Crippen molar-refractivity contribution in [3.05, 3.63) is 178 Å². The van der Waals surface area contributed by atoms with E-state index in [1.165, 1.54) is 138 Å². The molecule has 6 aliphatic heterocycles. The summed E-state index contributed by atoms with van der Waals surface area (Å²) in [5.74, 6) is 4.77. The molecule has 11 aromatic heterocycles. The highest BCUT2D eigenvalue weighted by Gasteiger charge is 2.51. The van der Waals surface area contributed by atoms with Crippen LogP contribution in [0.1, 0.15) is 373 Å². The maximum absolute atomic E-state index is 13.2. The highest BCUT2D eigenvalue weighted by atomic mass is 35.5. The fraction of sp³-hybridized carbons (Fsp3) is 0.603. The third-order valence-corrected chi connectivity index (χ3v) is 39.2. The van der Waals surface area contributed by atoms with Crippen molar-refractivity contribution in [1.29, 1.82) is 0 Å². The van der Waals surface area contributed by atoms with Gasteiger partial charge in [-0.05, 0) is 284 Å². The van der Waals surface area contributed by atoms with Gasteiger partial charge in [0.2, 0.25) is 35.4 Å². The molecule has 18 unspecified atom stereocenters. The van der Waals surface area contributed by atoms with Gasteiger partial charge in [-0.2, -0.15) is 0 Å². The first-order valence-corrected chi connectivity index (χ1v) is 59.0. The van der Waals surface area contributed by atoms with Crippen LogP contribution in [0.25, 0.3) is 65.4 Å². The number of fused-ring (bicyclic) bond motifs is 12. The van der Waals surface area contributed by atoms with Gasteiger partial charge in [-0.25, -0.2) is 29.9 Å². The first-order chi connectivity index (χ1) is 72.9. The quantitative estimate of drug-likeness (QED) is 0.0351. The molecular weight excluding hydrogens is 1940 g/mol. The summed E-state index contributed by atoms with van der Waals surface area (Å²) in [6.45, 7) is 18.4. The van der Waals surface area contributed by atoms with Crippen molar-refractivity contribution in [3.8, 4) is 0 Å². The summed E-state index contributed by atoms with van der Waals surface area (Å²) in [5, 5.41) is 38.8. The molecule has 0 spiro atoms. The van der Waals surface area contributed by atoms with E-state index < -0.39 is 5.60 Å². The van der Waals surface area contributed by atoms with E-state index >= 15 is 0 Å². The molecule has 6 aliphatic carbocycles. The Kier molecular flexibility index (Phi) is 35.4. The van der Waals surface area contributed by atoms with E-state index in [4.69, 9.17) is 28.2 Å². The van der Waals surface area contributed by atoms with E-state index in [1.54, 1.807) is 54.5 Å². The number of hydrogen-bond donors (Lipinski definition) is 8. The molecule has 12 aromatic rings. The summed E-state index contributed by atoms with van der Waals surface area (Å²) < 4.78 is 1.22. The second-order valence-electron chi connectivity index (χ2n) is 46.8. The normalized spacial score (nSPS) is 26.4. The Morgan fingerprint density at radius 3 is 1.09 bits per heavy atom. The van der Waals surface area contributed by atoms with Gasteiger partial charge in [0, 0.05) is 214 Å². The van der Waals surface area contributed by atoms with Gasteiger partial charge in [0.15, 0.2) is 0 Å². The molecular formula is C121H161Cl2N17O9S. The fourth-order valence-corrected chi connectivity index (χ4v) is 30.9. The topological polar surface area (TPSA) is 339 Å².